The van der Waals surface area contributed by atoms with Crippen LogP contribution in [0.2, 0.25) is 0 Å². The van der Waals surface area contributed by atoms with Crippen LogP contribution in [0.5, 0.6) is 5.75 Å². The first-order valence-corrected chi connectivity index (χ1v) is 11.1. The molecule has 1 saturated carbocycles. The summed E-state index contributed by atoms with van der Waals surface area (Å²) < 4.78 is 2.16. The second-order valence-corrected chi connectivity index (χ2v) is 8.86. The first-order chi connectivity index (χ1) is 14.0. The van der Waals surface area contributed by atoms with Crippen molar-refractivity contribution in [3.8, 4) is 5.75 Å². The second-order valence-electron chi connectivity index (χ2n) is 6.88. The van der Waals surface area contributed by atoms with E-state index in [9.17, 15) is 14.7 Å². The van der Waals surface area contributed by atoms with Gasteiger partial charge in [0.25, 0.3) is 0 Å². The molecule has 0 spiro atoms. The highest BCUT2D eigenvalue weighted by Crippen LogP contribution is 2.39. The van der Waals surface area contributed by atoms with Crippen LogP contribution in [0.25, 0.3) is 0 Å². The van der Waals surface area contributed by atoms with E-state index >= 15 is 0 Å². The van der Waals surface area contributed by atoms with Gasteiger partial charge in [0.15, 0.2) is 10.9 Å². The summed E-state index contributed by atoms with van der Waals surface area (Å²) in [5, 5.41) is 23.9. The lowest BCUT2D eigenvalue weighted by Gasteiger charge is -2.09. The van der Waals surface area contributed by atoms with E-state index in [1.807, 2.05) is 11.4 Å². The number of hydrogen-bond donors (Lipinski definition) is 2. The van der Waals surface area contributed by atoms with Crippen LogP contribution in [0.15, 0.2) is 40.9 Å². The molecule has 7 nitrogen and oxygen atoms in total. The number of amides is 1. The Kier molecular flexibility index (Phi) is 5.68. The summed E-state index contributed by atoms with van der Waals surface area (Å²) in [5.74, 6) is 0.647. The standard InChI is InChI=1S/C20H20N4O3S2/c1-12(25)21-16-9-13(4-7-17(16)26)18(27)11-29-20-23-22-19(24(20)14-5-6-14)10-15-3-2-8-28-15/h2-4,7-9,14,26H,5-6,10-11H2,1H3,(H,21,25). The second kappa shape index (κ2) is 8.38. The van der Waals surface area contributed by atoms with E-state index in [1.165, 1.54) is 35.7 Å². The zero-order chi connectivity index (χ0) is 20.4. The molecule has 2 N–H and O–H groups in total. The normalized spacial score (nSPS) is 13.4. The third kappa shape index (κ3) is 4.68. The number of nitrogens with one attached hydrogen (secondary N) is 1. The number of rotatable bonds is 8. The number of thioether (sulfide) groups is 1. The molecule has 2 aromatic heterocycles. The molecule has 4 rings (SSSR count). The highest BCUT2D eigenvalue weighted by atomic mass is 32.2. The van der Waals surface area contributed by atoms with Crippen molar-refractivity contribution in [2.45, 2.75) is 37.4 Å². The Morgan fingerprint density at radius 3 is 2.83 bits per heavy atom. The molecule has 3 aromatic rings. The number of aromatic hydroxyl groups is 1. The van der Waals surface area contributed by atoms with Crippen molar-refractivity contribution in [2.75, 3.05) is 11.1 Å². The Bertz CT molecular complexity index is 1040. The van der Waals surface area contributed by atoms with Crippen LogP contribution >= 0.6 is 23.1 Å². The molecule has 0 unspecified atom stereocenters. The molecule has 1 fully saturated rings. The fourth-order valence-electron chi connectivity index (χ4n) is 3.01. The quantitative estimate of drug-likeness (QED) is 0.321. The topological polar surface area (TPSA) is 97.1 Å². The maximum atomic E-state index is 12.7. The van der Waals surface area contributed by atoms with Crippen LogP contribution in [0.1, 0.15) is 46.9 Å². The first-order valence-electron chi connectivity index (χ1n) is 9.24. The summed E-state index contributed by atoms with van der Waals surface area (Å²) in [5.41, 5.74) is 0.656. The number of phenolic OH excluding ortho intramolecular Hbond substituents is 1. The lowest BCUT2D eigenvalue weighted by atomic mass is 10.1. The molecule has 0 atom stereocenters. The largest absolute Gasteiger partial charge is 0.506 e. The molecule has 1 aliphatic carbocycles. The van der Waals surface area contributed by atoms with Gasteiger partial charge >= 0.3 is 0 Å². The molecule has 0 bridgehead atoms. The number of Topliss-reactive ketones (excluding diaryl/α,β-unsaturated/α-hetero) is 1. The lowest BCUT2D eigenvalue weighted by molar-refractivity contribution is -0.114. The number of nitrogens with zero attached hydrogens (tertiary/aromatic N) is 3. The minimum atomic E-state index is -0.310. The van der Waals surface area contributed by atoms with Gasteiger partial charge < -0.3 is 15.0 Å². The van der Waals surface area contributed by atoms with Gasteiger partial charge in [0.05, 0.1) is 11.4 Å². The van der Waals surface area contributed by atoms with Crippen LogP contribution < -0.4 is 5.32 Å². The van der Waals surface area contributed by atoms with E-state index in [-0.39, 0.29) is 28.9 Å². The summed E-state index contributed by atoms with van der Waals surface area (Å²) in [6.45, 7) is 1.35. The molecule has 1 aromatic carbocycles. The third-order valence-electron chi connectivity index (χ3n) is 4.52. The maximum absolute atomic E-state index is 12.7. The third-order valence-corrected chi connectivity index (χ3v) is 6.34. The monoisotopic (exact) mass is 428 g/mol. The van der Waals surface area contributed by atoms with Gasteiger partial charge in [-0.2, -0.15) is 0 Å². The Morgan fingerprint density at radius 1 is 1.31 bits per heavy atom. The van der Waals surface area contributed by atoms with Crippen molar-refractivity contribution in [1.82, 2.24) is 14.8 Å². The predicted molar refractivity (Wildman–Crippen MR) is 113 cm³/mol. The van der Waals surface area contributed by atoms with Gasteiger partial charge in [-0.15, -0.1) is 21.5 Å². The Labute approximate surface area is 176 Å². The molecule has 2 heterocycles. The minimum Gasteiger partial charge on any atom is -0.506 e. The van der Waals surface area contributed by atoms with Crippen LogP contribution in [-0.4, -0.2) is 37.3 Å². The summed E-state index contributed by atoms with van der Waals surface area (Å²) in [6, 6.07) is 8.99. The van der Waals surface area contributed by atoms with Crippen LogP contribution in [0.4, 0.5) is 5.69 Å². The number of benzene rings is 1. The van der Waals surface area contributed by atoms with Gasteiger partial charge in [0.2, 0.25) is 5.91 Å². The number of anilines is 1. The zero-order valence-corrected chi connectivity index (χ0v) is 17.4. The SMILES string of the molecule is CC(=O)Nc1cc(C(=O)CSc2nnc(Cc3cccs3)n2C2CC2)ccc1O. The van der Waals surface area contributed by atoms with Gasteiger partial charge in [0, 0.05) is 29.8 Å². The Balaban J connectivity index is 1.47. The highest BCUT2D eigenvalue weighted by Gasteiger charge is 2.30. The average Bonchev–Trinajstić information content (AvgIpc) is 3.24. The van der Waals surface area contributed by atoms with E-state index in [0.29, 0.717) is 11.6 Å². The van der Waals surface area contributed by atoms with Crippen LogP contribution in [-0.2, 0) is 11.2 Å². The van der Waals surface area contributed by atoms with Crippen molar-refractivity contribution >= 4 is 40.5 Å². The molecule has 1 aliphatic rings. The van der Waals surface area contributed by atoms with Gasteiger partial charge in [-0.3, -0.25) is 9.59 Å². The molecule has 29 heavy (non-hydrogen) atoms. The van der Waals surface area contributed by atoms with Crippen LogP contribution in [0, 0.1) is 0 Å². The summed E-state index contributed by atoms with van der Waals surface area (Å²) in [6.07, 6.45) is 2.96. The number of aromatic nitrogens is 3. The fraction of sp³-hybridized carbons (Fsp3) is 0.300. The fourth-order valence-corrected chi connectivity index (χ4v) is 4.63. The highest BCUT2D eigenvalue weighted by molar-refractivity contribution is 7.99. The number of carbonyl (C=O) groups is 2. The van der Waals surface area contributed by atoms with Gasteiger partial charge in [-0.05, 0) is 42.5 Å². The minimum absolute atomic E-state index is 0.0731. The number of phenols is 1. The van der Waals surface area contributed by atoms with Crippen molar-refractivity contribution in [3.05, 3.63) is 52.0 Å². The van der Waals surface area contributed by atoms with Gasteiger partial charge in [-0.1, -0.05) is 17.8 Å². The maximum Gasteiger partial charge on any atom is 0.221 e. The Morgan fingerprint density at radius 2 is 2.14 bits per heavy atom. The van der Waals surface area contributed by atoms with Crippen molar-refractivity contribution in [2.24, 2.45) is 0 Å². The lowest BCUT2D eigenvalue weighted by Crippen LogP contribution is -2.09. The summed E-state index contributed by atoms with van der Waals surface area (Å²) >= 11 is 3.07. The van der Waals surface area contributed by atoms with E-state index in [0.717, 1.165) is 30.2 Å². The zero-order valence-electron chi connectivity index (χ0n) is 15.8. The molecular formula is C20H20N4O3S2. The molecule has 9 heteroatoms. The van der Waals surface area contributed by atoms with Crippen molar-refractivity contribution in [1.29, 1.82) is 0 Å². The van der Waals surface area contributed by atoms with Gasteiger partial charge in [-0.25, -0.2) is 0 Å². The van der Waals surface area contributed by atoms with Crippen molar-refractivity contribution < 1.29 is 14.7 Å². The van der Waals surface area contributed by atoms with E-state index in [2.05, 4.69) is 26.1 Å². The van der Waals surface area contributed by atoms with Crippen LogP contribution in [0.3, 0.4) is 0 Å². The van der Waals surface area contributed by atoms with Gasteiger partial charge in [0.1, 0.15) is 11.6 Å². The molecule has 0 saturated heterocycles. The van der Waals surface area contributed by atoms with E-state index < -0.39 is 0 Å². The number of thiophene rings is 1. The van der Waals surface area contributed by atoms with Crippen molar-refractivity contribution in [3.63, 3.8) is 0 Å². The molecule has 150 valence electrons. The predicted octanol–water partition coefficient (Wildman–Crippen LogP) is 3.90. The first kappa shape index (κ1) is 19.7. The molecule has 0 aliphatic heterocycles. The number of ketones is 1. The summed E-state index contributed by atoms with van der Waals surface area (Å²) in [7, 11) is 0. The summed E-state index contributed by atoms with van der Waals surface area (Å²) in [4.78, 5) is 25.1. The molecular weight excluding hydrogens is 408 g/mol. The number of hydrogen-bond acceptors (Lipinski definition) is 7. The molecule has 1 amide bonds. The van der Waals surface area contributed by atoms with E-state index in [4.69, 9.17) is 0 Å². The smallest absolute Gasteiger partial charge is 0.221 e. The number of carbonyl (C=O) groups excluding carboxylic acids is 2. The van der Waals surface area contributed by atoms with E-state index in [1.54, 1.807) is 17.4 Å². The average molecular weight is 429 g/mol. The molecule has 0 radical (unpaired) electrons. The Hall–Kier alpha value is -2.65.